The van der Waals surface area contributed by atoms with Crippen LogP contribution < -0.4 is 0 Å². The van der Waals surface area contributed by atoms with Crippen molar-refractivity contribution in [3.05, 3.63) is 11.6 Å². The molecule has 0 rings (SSSR count). The monoisotopic (exact) mass is 114 g/mol. The number of aliphatic hydroxyl groups is 1. The van der Waals surface area contributed by atoms with Crippen LogP contribution in [0.2, 0.25) is 0 Å². The number of allylic oxidation sites excluding steroid dienone is 1. The Hall–Kier alpha value is -0.300. The number of rotatable bonds is 1. The van der Waals surface area contributed by atoms with Crippen LogP contribution in [-0.4, -0.2) is 10.7 Å². The Labute approximate surface area is 51.0 Å². The molecule has 0 heterocycles. The summed E-state index contributed by atoms with van der Waals surface area (Å²) in [6.07, 6.45) is 1.92. The Morgan fingerprint density at radius 2 is 1.88 bits per heavy atom. The third-order valence-electron chi connectivity index (χ3n) is 1.40. The molecule has 0 spiro atoms. The molecule has 0 saturated carbocycles. The topological polar surface area (TPSA) is 20.2 Å². The highest BCUT2D eigenvalue weighted by atomic mass is 16.3. The Balaban J connectivity index is 4.03. The standard InChI is InChI=1S/C7H14O/c1-5-6(2)7(3,4)8/h5,8H,1-4H3/b6-5+. The molecule has 1 N–H and O–H groups in total. The minimum absolute atomic E-state index is 0.630. The fourth-order valence-corrected chi connectivity index (χ4v) is 0.353. The minimum atomic E-state index is -0.630. The van der Waals surface area contributed by atoms with Gasteiger partial charge in [-0.05, 0) is 33.3 Å². The molecule has 0 aromatic carbocycles. The molecule has 0 aromatic rings. The maximum atomic E-state index is 9.22. The van der Waals surface area contributed by atoms with Crippen molar-refractivity contribution in [3.63, 3.8) is 0 Å². The van der Waals surface area contributed by atoms with Gasteiger partial charge in [0.1, 0.15) is 0 Å². The van der Waals surface area contributed by atoms with Crippen molar-refractivity contribution in [2.24, 2.45) is 0 Å². The zero-order valence-electron chi connectivity index (χ0n) is 6.02. The largest absolute Gasteiger partial charge is 0.386 e. The summed E-state index contributed by atoms with van der Waals surface area (Å²) in [5.74, 6) is 0. The molecular weight excluding hydrogens is 100 g/mol. The second-order valence-corrected chi connectivity index (χ2v) is 2.53. The first-order valence-electron chi connectivity index (χ1n) is 2.84. The Morgan fingerprint density at radius 1 is 1.50 bits per heavy atom. The maximum absolute atomic E-state index is 9.22. The van der Waals surface area contributed by atoms with Crippen LogP contribution in [-0.2, 0) is 0 Å². The molecule has 1 heteroatoms. The Morgan fingerprint density at radius 3 is 1.88 bits per heavy atom. The van der Waals surface area contributed by atoms with Gasteiger partial charge in [0.05, 0.1) is 5.60 Å². The zero-order valence-corrected chi connectivity index (χ0v) is 6.02. The Bertz CT molecular complexity index is 95.4. The second-order valence-electron chi connectivity index (χ2n) is 2.53. The molecule has 1 nitrogen and oxygen atoms in total. The van der Waals surface area contributed by atoms with Gasteiger partial charge >= 0.3 is 0 Å². The minimum Gasteiger partial charge on any atom is -0.386 e. The average molecular weight is 114 g/mol. The lowest BCUT2D eigenvalue weighted by Gasteiger charge is -2.17. The highest BCUT2D eigenvalue weighted by Gasteiger charge is 2.12. The Kier molecular flexibility index (Phi) is 2.23. The van der Waals surface area contributed by atoms with E-state index in [1.54, 1.807) is 13.8 Å². The summed E-state index contributed by atoms with van der Waals surface area (Å²) < 4.78 is 0. The summed E-state index contributed by atoms with van der Waals surface area (Å²) in [6.45, 7) is 7.40. The van der Waals surface area contributed by atoms with Crippen LogP contribution in [0.3, 0.4) is 0 Å². The van der Waals surface area contributed by atoms with Gasteiger partial charge in [-0.3, -0.25) is 0 Å². The summed E-state index contributed by atoms with van der Waals surface area (Å²) in [6, 6.07) is 0. The molecule has 0 fully saturated rings. The maximum Gasteiger partial charge on any atom is 0.0797 e. The zero-order chi connectivity index (χ0) is 6.78. The van der Waals surface area contributed by atoms with E-state index in [0.29, 0.717) is 0 Å². The van der Waals surface area contributed by atoms with Gasteiger partial charge in [-0.25, -0.2) is 0 Å². The van der Waals surface area contributed by atoms with Crippen LogP contribution >= 0.6 is 0 Å². The van der Waals surface area contributed by atoms with E-state index in [9.17, 15) is 5.11 Å². The van der Waals surface area contributed by atoms with Crippen LogP contribution in [0.15, 0.2) is 11.6 Å². The smallest absolute Gasteiger partial charge is 0.0797 e. The van der Waals surface area contributed by atoms with Gasteiger partial charge in [0.25, 0.3) is 0 Å². The van der Waals surface area contributed by atoms with Crippen molar-refractivity contribution in [1.29, 1.82) is 0 Å². The van der Waals surface area contributed by atoms with Crippen molar-refractivity contribution in [3.8, 4) is 0 Å². The average Bonchev–Trinajstić information content (AvgIpc) is 1.62. The summed E-state index contributed by atoms with van der Waals surface area (Å²) in [5, 5.41) is 9.22. The quantitative estimate of drug-likeness (QED) is 0.515. The van der Waals surface area contributed by atoms with E-state index < -0.39 is 5.60 Å². The molecule has 0 aromatic heterocycles. The summed E-state index contributed by atoms with van der Waals surface area (Å²) in [7, 11) is 0. The fraction of sp³-hybridized carbons (Fsp3) is 0.714. The number of hydrogen-bond donors (Lipinski definition) is 1. The third-order valence-corrected chi connectivity index (χ3v) is 1.40. The third kappa shape index (κ3) is 2.12. The van der Waals surface area contributed by atoms with Gasteiger partial charge in [-0.1, -0.05) is 6.08 Å². The van der Waals surface area contributed by atoms with Crippen LogP contribution in [0.4, 0.5) is 0 Å². The van der Waals surface area contributed by atoms with E-state index in [1.165, 1.54) is 0 Å². The molecule has 0 unspecified atom stereocenters. The van der Waals surface area contributed by atoms with Crippen molar-refractivity contribution in [2.75, 3.05) is 0 Å². The van der Waals surface area contributed by atoms with Crippen LogP contribution in [0.5, 0.6) is 0 Å². The van der Waals surface area contributed by atoms with E-state index in [2.05, 4.69) is 0 Å². The van der Waals surface area contributed by atoms with Crippen LogP contribution in [0.25, 0.3) is 0 Å². The highest BCUT2D eigenvalue weighted by molar-refractivity contribution is 5.08. The predicted octanol–water partition coefficient (Wildman–Crippen LogP) is 1.72. The molecule has 0 amide bonds. The van der Waals surface area contributed by atoms with Gasteiger partial charge in [0, 0.05) is 0 Å². The van der Waals surface area contributed by atoms with Crippen molar-refractivity contribution in [2.45, 2.75) is 33.3 Å². The van der Waals surface area contributed by atoms with Gasteiger partial charge in [0.15, 0.2) is 0 Å². The van der Waals surface area contributed by atoms with Crippen molar-refractivity contribution < 1.29 is 5.11 Å². The summed E-state index contributed by atoms with van der Waals surface area (Å²) >= 11 is 0. The van der Waals surface area contributed by atoms with Crippen molar-refractivity contribution in [1.82, 2.24) is 0 Å². The fourth-order valence-electron chi connectivity index (χ4n) is 0.353. The molecule has 0 aliphatic rings. The van der Waals surface area contributed by atoms with E-state index in [0.717, 1.165) is 5.57 Å². The SMILES string of the molecule is C/C=C(\C)C(C)(C)O. The van der Waals surface area contributed by atoms with Crippen molar-refractivity contribution >= 4 is 0 Å². The number of hydrogen-bond acceptors (Lipinski definition) is 1. The first-order valence-corrected chi connectivity index (χ1v) is 2.84. The van der Waals surface area contributed by atoms with E-state index in [1.807, 2.05) is 19.9 Å². The predicted molar refractivity (Wildman–Crippen MR) is 35.7 cm³/mol. The first kappa shape index (κ1) is 7.70. The molecule has 0 aliphatic heterocycles. The molecule has 0 bridgehead atoms. The molecular formula is C7H14O. The van der Waals surface area contributed by atoms with Crippen LogP contribution in [0, 0.1) is 0 Å². The normalized spacial score (nSPS) is 14.4. The highest BCUT2D eigenvalue weighted by Crippen LogP contribution is 2.12. The van der Waals surface area contributed by atoms with E-state index in [4.69, 9.17) is 0 Å². The van der Waals surface area contributed by atoms with E-state index >= 15 is 0 Å². The van der Waals surface area contributed by atoms with Gasteiger partial charge in [0.2, 0.25) is 0 Å². The molecule has 48 valence electrons. The lowest BCUT2D eigenvalue weighted by molar-refractivity contribution is 0.120. The van der Waals surface area contributed by atoms with E-state index in [-0.39, 0.29) is 0 Å². The lowest BCUT2D eigenvalue weighted by atomic mass is 10.0. The molecule has 8 heavy (non-hydrogen) atoms. The lowest BCUT2D eigenvalue weighted by Crippen LogP contribution is -2.19. The molecule has 0 radical (unpaired) electrons. The summed E-state index contributed by atoms with van der Waals surface area (Å²) in [4.78, 5) is 0. The summed E-state index contributed by atoms with van der Waals surface area (Å²) in [5.41, 5.74) is 0.381. The van der Waals surface area contributed by atoms with Crippen LogP contribution in [0.1, 0.15) is 27.7 Å². The molecule has 0 atom stereocenters. The van der Waals surface area contributed by atoms with Gasteiger partial charge in [-0.2, -0.15) is 0 Å². The molecule has 0 saturated heterocycles. The van der Waals surface area contributed by atoms with Gasteiger partial charge in [-0.15, -0.1) is 0 Å². The first-order chi connectivity index (χ1) is 3.48. The molecule has 0 aliphatic carbocycles. The van der Waals surface area contributed by atoms with Gasteiger partial charge < -0.3 is 5.11 Å². The second kappa shape index (κ2) is 2.31.